The highest BCUT2D eigenvalue weighted by Gasteiger charge is 2.39. The van der Waals surface area contributed by atoms with E-state index in [4.69, 9.17) is 11.6 Å². The van der Waals surface area contributed by atoms with E-state index >= 15 is 0 Å². The molecule has 0 unspecified atom stereocenters. The second-order valence-electron chi connectivity index (χ2n) is 6.80. The molecule has 2 aromatic rings. The molecule has 1 N–H and O–H groups in total. The molecule has 2 atom stereocenters. The van der Waals surface area contributed by atoms with Gasteiger partial charge in [-0.25, -0.2) is 4.68 Å². The first-order chi connectivity index (χ1) is 12.6. The van der Waals surface area contributed by atoms with Gasteiger partial charge in [0.15, 0.2) is 0 Å². The lowest BCUT2D eigenvalue weighted by atomic mass is 10.0. The average molecular weight is 392 g/mol. The quantitative estimate of drug-likeness (QED) is 0.850. The van der Waals surface area contributed by atoms with Crippen LogP contribution >= 0.6 is 23.4 Å². The number of hydrogen-bond donors (Lipinski definition) is 1. The Balaban J connectivity index is 1.66. The molecule has 8 heteroatoms. The first kappa shape index (κ1) is 17.7. The molecule has 138 valence electrons. The number of nitrogens with zero attached hydrogens (tertiary/aromatic N) is 4. The van der Waals surface area contributed by atoms with Crippen molar-refractivity contribution in [1.29, 1.82) is 0 Å². The third-order valence-electron chi connectivity index (χ3n) is 4.99. The molecule has 1 fully saturated rings. The molecule has 1 saturated heterocycles. The standard InChI is InChI=1S/C18H22ClN5OS/c1-12-20-21-18-24(12)22-15(13-6-8-14(19)9-7-13)16(26-18)17(25)23-10-4-2-3-5-11-23/h6-9,15-16,22H,2-5,10-11H2,1H3/t15-,16+/m1/s1. The lowest BCUT2D eigenvalue weighted by molar-refractivity contribution is -0.131. The van der Waals surface area contributed by atoms with Crippen LogP contribution < -0.4 is 5.43 Å². The van der Waals surface area contributed by atoms with Crippen LogP contribution in [0, 0.1) is 6.92 Å². The first-order valence-electron chi connectivity index (χ1n) is 9.03. The number of likely N-dealkylation sites (tertiary alicyclic amines) is 1. The summed E-state index contributed by atoms with van der Waals surface area (Å²) in [7, 11) is 0. The molecular formula is C18H22ClN5OS. The third kappa shape index (κ3) is 3.42. The van der Waals surface area contributed by atoms with E-state index in [2.05, 4.69) is 15.6 Å². The number of thioether (sulfide) groups is 1. The van der Waals surface area contributed by atoms with Crippen LogP contribution in [0.25, 0.3) is 0 Å². The van der Waals surface area contributed by atoms with Crippen molar-refractivity contribution in [3.8, 4) is 0 Å². The molecule has 1 aromatic heterocycles. The minimum absolute atomic E-state index is 0.157. The molecule has 1 amide bonds. The highest BCUT2D eigenvalue weighted by Crippen LogP contribution is 2.38. The van der Waals surface area contributed by atoms with Gasteiger partial charge in [0.2, 0.25) is 11.1 Å². The van der Waals surface area contributed by atoms with Crippen LogP contribution in [-0.4, -0.2) is 44.0 Å². The predicted octanol–water partition coefficient (Wildman–Crippen LogP) is 3.40. The van der Waals surface area contributed by atoms with Crippen LogP contribution in [0.4, 0.5) is 0 Å². The zero-order chi connectivity index (χ0) is 18.1. The average Bonchev–Trinajstić information content (AvgIpc) is 2.86. The Morgan fingerprint density at radius 2 is 1.85 bits per heavy atom. The van der Waals surface area contributed by atoms with Crippen molar-refractivity contribution < 1.29 is 4.79 Å². The number of halogens is 1. The molecule has 0 saturated carbocycles. The van der Waals surface area contributed by atoms with Gasteiger partial charge in [0.25, 0.3) is 0 Å². The Morgan fingerprint density at radius 1 is 1.15 bits per heavy atom. The van der Waals surface area contributed by atoms with Gasteiger partial charge in [-0.05, 0) is 37.5 Å². The first-order valence-corrected chi connectivity index (χ1v) is 10.3. The van der Waals surface area contributed by atoms with Gasteiger partial charge < -0.3 is 10.3 Å². The Hall–Kier alpha value is -1.73. The number of aryl methyl sites for hydroxylation is 1. The third-order valence-corrected chi connectivity index (χ3v) is 6.44. The highest BCUT2D eigenvalue weighted by atomic mass is 35.5. The maximum atomic E-state index is 13.4. The van der Waals surface area contributed by atoms with Crippen LogP contribution in [0.15, 0.2) is 29.4 Å². The summed E-state index contributed by atoms with van der Waals surface area (Å²) in [6, 6.07) is 7.54. The van der Waals surface area contributed by atoms with E-state index in [9.17, 15) is 4.79 Å². The summed E-state index contributed by atoms with van der Waals surface area (Å²) < 4.78 is 1.87. The van der Waals surface area contributed by atoms with Gasteiger partial charge in [-0.1, -0.05) is 48.3 Å². The van der Waals surface area contributed by atoms with Crippen molar-refractivity contribution in [2.24, 2.45) is 0 Å². The molecule has 2 aliphatic rings. The predicted molar refractivity (Wildman–Crippen MR) is 103 cm³/mol. The van der Waals surface area contributed by atoms with Gasteiger partial charge in [-0.3, -0.25) is 4.79 Å². The highest BCUT2D eigenvalue weighted by molar-refractivity contribution is 8.00. The van der Waals surface area contributed by atoms with E-state index in [-0.39, 0.29) is 17.2 Å². The summed E-state index contributed by atoms with van der Waals surface area (Å²) >= 11 is 7.55. The van der Waals surface area contributed by atoms with Crippen LogP contribution in [0.3, 0.4) is 0 Å². The smallest absolute Gasteiger partial charge is 0.238 e. The Morgan fingerprint density at radius 3 is 2.54 bits per heavy atom. The normalized spacial score (nSPS) is 23.1. The van der Waals surface area contributed by atoms with Crippen molar-refractivity contribution in [3.63, 3.8) is 0 Å². The Bertz CT molecular complexity index is 785. The molecule has 0 spiro atoms. The second kappa shape index (κ2) is 7.48. The summed E-state index contributed by atoms with van der Waals surface area (Å²) in [6.45, 7) is 3.59. The monoisotopic (exact) mass is 391 g/mol. The number of hydrogen-bond acceptors (Lipinski definition) is 5. The number of nitrogens with one attached hydrogen (secondary N) is 1. The Kier molecular flexibility index (Phi) is 5.09. The molecule has 6 nitrogen and oxygen atoms in total. The van der Waals surface area contributed by atoms with Crippen molar-refractivity contribution in [2.75, 3.05) is 18.5 Å². The molecule has 3 heterocycles. The SMILES string of the molecule is Cc1nnc2n1N[C@H](c1ccc(Cl)cc1)[C@@H](C(=O)N1CCCCCC1)S2. The van der Waals surface area contributed by atoms with E-state index in [1.165, 1.54) is 24.6 Å². The Labute approximate surface area is 162 Å². The summed E-state index contributed by atoms with van der Waals surface area (Å²) in [5, 5.41) is 9.51. The van der Waals surface area contributed by atoms with Crippen molar-refractivity contribution in [3.05, 3.63) is 40.7 Å². The van der Waals surface area contributed by atoms with Gasteiger partial charge in [-0.15, -0.1) is 10.2 Å². The van der Waals surface area contributed by atoms with Gasteiger partial charge in [0.05, 0.1) is 6.04 Å². The van der Waals surface area contributed by atoms with Crippen LogP contribution in [0.2, 0.25) is 5.02 Å². The zero-order valence-electron chi connectivity index (χ0n) is 14.7. The van der Waals surface area contributed by atoms with Crippen LogP contribution in [-0.2, 0) is 4.79 Å². The van der Waals surface area contributed by atoms with Crippen molar-refractivity contribution >= 4 is 29.3 Å². The van der Waals surface area contributed by atoms with E-state index in [0.29, 0.717) is 5.02 Å². The molecular weight excluding hydrogens is 370 g/mol. The fourth-order valence-electron chi connectivity index (χ4n) is 3.54. The number of amides is 1. The fraction of sp³-hybridized carbons (Fsp3) is 0.500. The molecule has 2 aliphatic heterocycles. The van der Waals surface area contributed by atoms with E-state index in [1.807, 2.05) is 40.8 Å². The number of fused-ring (bicyclic) bond motifs is 1. The number of aromatic nitrogens is 3. The number of carbonyl (C=O) groups excluding carboxylic acids is 1. The second-order valence-corrected chi connectivity index (χ2v) is 8.35. The summed E-state index contributed by atoms with van der Waals surface area (Å²) in [5.41, 5.74) is 4.48. The molecule has 0 bridgehead atoms. The van der Waals surface area contributed by atoms with Gasteiger partial charge >= 0.3 is 0 Å². The topological polar surface area (TPSA) is 63.1 Å². The molecule has 0 aliphatic carbocycles. The van der Waals surface area contributed by atoms with Gasteiger partial charge in [-0.2, -0.15) is 0 Å². The molecule has 26 heavy (non-hydrogen) atoms. The van der Waals surface area contributed by atoms with Crippen LogP contribution in [0.1, 0.15) is 43.1 Å². The number of rotatable bonds is 2. The summed E-state index contributed by atoms with van der Waals surface area (Å²) in [4.78, 5) is 15.4. The number of benzene rings is 1. The largest absolute Gasteiger partial charge is 0.342 e. The van der Waals surface area contributed by atoms with E-state index in [0.717, 1.165) is 42.5 Å². The molecule has 0 radical (unpaired) electrons. The lowest BCUT2D eigenvalue weighted by Crippen LogP contribution is -2.46. The lowest BCUT2D eigenvalue weighted by Gasteiger charge is -2.35. The number of carbonyl (C=O) groups is 1. The molecule has 4 rings (SSSR count). The van der Waals surface area contributed by atoms with Gasteiger partial charge in [0, 0.05) is 18.1 Å². The fourth-order valence-corrected chi connectivity index (χ4v) is 4.88. The van der Waals surface area contributed by atoms with Crippen molar-refractivity contribution in [2.45, 2.75) is 49.1 Å². The maximum absolute atomic E-state index is 13.4. The van der Waals surface area contributed by atoms with E-state index in [1.54, 1.807) is 0 Å². The summed E-state index contributed by atoms with van der Waals surface area (Å²) in [5.74, 6) is 0.961. The van der Waals surface area contributed by atoms with E-state index < -0.39 is 0 Å². The van der Waals surface area contributed by atoms with Crippen molar-refractivity contribution in [1.82, 2.24) is 19.8 Å². The maximum Gasteiger partial charge on any atom is 0.238 e. The van der Waals surface area contributed by atoms with Crippen LogP contribution in [0.5, 0.6) is 0 Å². The molecule has 1 aromatic carbocycles. The minimum Gasteiger partial charge on any atom is -0.342 e. The minimum atomic E-state index is -0.273. The zero-order valence-corrected chi connectivity index (χ0v) is 16.3. The summed E-state index contributed by atoms with van der Waals surface area (Å²) in [6.07, 6.45) is 4.57. The van der Waals surface area contributed by atoms with Gasteiger partial charge in [0.1, 0.15) is 11.1 Å².